The maximum Gasteiger partial charge on any atom is 0.122 e. The second-order valence-corrected chi connectivity index (χ2v) is 3.58. The lowest BCUT2D eigenvalue weighted by atomic mass is 10.0. The van der Waals surface area contributed by atoms with Crippen LogP contribution in [-0.4, -0.2) is 6.61 Å². The van der Waals surface area contributed by atoms with Crippen molar-refractivity contribution in [2.24, 2.45) is 0 Å². The van der Waals surface area contributed by atoms with Gasteiger partial charge in [-0.2, -0.15) is 5.26 Å². The summed E-state index contributed by atoms with van der Waals surface area (Å²) in [6.45, 7) is 0.824. The van der Waals surface area contributed by atoms with Crippen molar-refractivity contribution in [2.45, 2.75) is 25.7 Å². The molecule has 2 rings (SSSR count). The van der Waals surface area contributed by atoms with Gasteiger partial charge in [0.1, 0.15) is 5.75 Å². The highest BCUT2D eigenvalue weighted by atomic mass is 16.5. The highest BCUT2D eigenvalue weighted by molar-refractivity contribution is 5.38. The molecule has 0 aromatic heterocycles. The summed E-state index contributed by atoms with van der Waals surface area (Å²) in [5.74, 6) is 1.00. The molecule has 1 aromatic rings. The van der Waals surface area contributed by atoms with E-state index < -0.39 is 0 Å². The Balaban J connectivity index is 2.28. The van der Waals surface area contributed by atoms with Gasteiger partial charge in [-0.05, 0) is 36.5 Å². The average Bonchev–Trinajstić information content (AvgIpc) is 2.42. The summed E-state index contributed by atoms with van der Waals surface area (Å²) in [6, 6.07) is 8.24. The van der Waals surface area contributed by atoms with Gasteiger partial charge >= 0.3 is 0 Å². The third-order valence-corrected chi connectivity index (χ3v) is 2.51. The molecule has 0 saturated heterocycles. The summed E-state index contributed by atoms with van der Waals surface area (Å²) < 4.78 is 5.60. The van der Waals surface area contributed by atoms with Gasteiger partial charge in [0.2, 0.25) is 0 Å². The number of rotatable bonds is 1. The number of benzene rings is 1. The van der Waals surface area contributed by atoms with Crippen LogP contribution >= 0.6 is 0 Å². The van der Waals surface area contributed by atoms with E-state index in [1.165, 1.54) is 12.0 Å². The van der Waals surface area contributed by atoms with Gasteiger partial charge in [0.15, 0.2) is 0 Å². The minimum absolute atomic E-state index is 0.493. The second kappa shape index (κ2) is 4.15. The Morgan fingerprint density at radius 3 is 3.14 bits per heavy atom. The Morgan fingerprint density at radius 2 is 2.29 bits per heavy atom. The van der Waals surface area contributed by atoms with Crippen LogP contribution in [0.3, 0.4) is 0 Å². The molecule has 14 heavy (non-hydrogen) atoms. The van der Waals surface area contributed by atoms with Crippen LogP contribution in [0.1, 0.15) is 24.0 Å². The molecular weight excluding hydrogens is 174 g/mol. The molecule has 1 aliphatic heterocycles. The summed E-state index contributed by atoms with van der Waals surface area (Å²) in [5, 5.41) is 8.60. The van der Waals surface area contributed by atoms with Crippen LogP contribution in [0.25, 0.3) is 0 Å². The summed E-state index contributed by atoms with van der Waals surface area (Å²) in [6.07, 6.45) is 3.88. The molecule has 1 heterocycles. The Labute approximate surface area is 84.1 Å². The number of fused-ring (bicyclic) bond motifs is 1. The lowest BCUT2D eigenvalue weighted by Gasteiger charge is -2.07. The highest BCUT2D eigenvalue weighted by Gasteiger charge is 2.08. The van der Waals surface area contributed by atoms with Gasteiger partial charge in [-0.15, -0.1) is 0 Å². The van der Waals surface area contributed by atoms with E-state index >= 15 is 0 Å². The average molecular weight is 187 g/mol. The number of ether oxygens (including phenoxy) is 1. The standard InChI is InChI=1S/C12H13NO/c13-7-6-10-4-5-12-11(9-10)3-1-2-8-14-12/h4-5,9H,1-3,6,8H2. The molecular formula is C12H13NO. The first-order chi connectivity index (χ1) is 6.90. The molecule has 2 nitrogen and oxygen atoms in total. The highest BCUT2D eigenvalue weighted by Crippen LogP contribution is 2.25. The summed E-state index contributed by atoms with van der Waals surface area (Å²) in [7, 11) is 0. The van der Waals surface area contributed by atoms with Gasteiger partial charge in [-0.1, -0.05) is 12.1 Å². The van der Waals surface area contributed by atoms with Crippen molar-refractivity contribution in [3.63, 3.8) is 0 Å². The van der Waals surface area contributed by atoms with Crippen LogP contribution in [0.2, 0.25) is 0 Å². The van der Waals surface area contributed by atoms with Crippen LogP contribution in [-0.2, 0) is 12.8 Å². The molecule has 0 bridgehead atoms. The van der Waals surface area contributed by atoms with E-state index in [9.17, 15) is 0 Å². The van der Waals surface area contributed by atoms with Crippen LogP contribution in [0, 0.1) is 11.3 Å². The van der Waals surface area contributed by atoms with Crippen LogP contribution < -0.4 is 4.74 Å². The molecule has 0 N–H and O–H groups in total. The van der Waals surface area contributed by atoms with Crippen LogP contribution in [0.15, 0.2) is 18.2 Å². The quantitative estimate of drug-likeness (QED) is 0.676. The number of aryl methyl sites for hydroxylation is 1. The fourth-order valence-electron chi connectivity index (χ4n) is 1.77. The lowest BCUT2D eigenvalue weighted by molar-refractivity contribution is 0.317. The SMILES string of the molecule is N#CCc1ccc2c(c1)CCCCO2. The van der Waals surface area contributed by atoms with E-state index in [-0.39, 0.29) is 0 Å². The van der Waals surface area contributed by atoms with Crippen molar-refractivity contribution in [1.29, 1.82) is 5.26 Å². The third kappa shape index (κ3) is 1.88. The fourth-order valence-corrected chi connectivity index (χ4v) is 1.77. The Morgan fingerprint density at radius 1 is 1.36 bits per heavy atom. The minimum Gasteiger partial charge on any atom is -0.493 e. The van der Waals surface area contributed by atoms with Gasteiger partial charge in [0.25, 0.3) is 0 Å². The van der Waals surface area contributed by atoms with E-state index in [4.69, 9.17) is 10.00 Å². The van der Waals surface area contributed by atoms with Crippen LogP contribution in [0.5, 0.6) is 5.75 Å². The van der Waals surface area contributed by atoms with Crippen molar-refractivity contribution in [3.05, 3.63) is 29.3 Å². The van der Waals surface area contributed by atoms with Gasteiger partial charge in [0, 0.05) is 0 Å². The summed E-state index contributed by atoms with van der Waals surface area (Å²) in [4.78, 5) is 0. The minimum atomic E-state index is 0.493. The van der Waals surface area contributed by atoms with E-state index in [0.29, 0.717) is 6.42 Å². The molecule has 0 radical (unpaired) electrons. The Hall–Kier alpha value is -1.49. The van der Waals surface area contributed by atoms with Crippen molar-refractivity contribution < 1.29 is 4.74 Å². The molecule has 2 heteroatoms. The van der Waals surface area contributed by atoms with Crippen molar-refractivity contribution in [3.8, 4) is 11.8 Å². The molecule has 0 atom stereocenters. The molecule has 0 spiro atoms. The first kappa shape index (κ1) is 9.08. The summed E-state index contributed by atoms with van der Waals surface area (Å²) in [5.41, 5.74) is 2.35. The molecule has 0 fully saturated rings. The number of hydrogen-bond donors (Lipinski definition) is 0. The maximum absolute atomic E-state index is 8.60. The van der Waals surface area contributed by atoms with E-state index in [1.807, 2.05) is 12.1 Å². The lowest BCUT2D eigenvalue weighted by Crippen LogP contribution is -1.95. The molecule has 1 aromatic carbocycles. The largest absolute Gasteiger partial charge is 0.493 e. The Kier molecular flexibility index (Phi) is 2.69. The maximum atomic E-state index is 8.60. The zero-order valence-corrected chi connectivity index (χ0v) is 8.12. The first-order valence-electron chi connectivity index (χ1n) is 5.02. The van der Waals surface area contributed by atoms with E-state index in [0.717, 1.165) is 30.8 Å². The molecule has 0 saturated carbocycles. The molecule has 0 amide bonds. The molecule has 0 aliphatic carbocycles. The predicted octanol–water partition coefficient (Wildman–Crippen LogP) is 2.47. The topological polar surface area (TPSA) is 33.0 Å². The smallest absolute Gasteiger partial charge is 0.122 e. The third-order valence-electron chi connectivity index (χ3n) is 2.51. The number of nitrogens with zero attached hydrogens (tertiary/aromatic N) is 1. The zero-order chi connectivity index (χ0) is 9.80. The predicted molar refractivity (Wildman–Crippen MR) is 54.2 cm³/mol. The van der Waals surface area contributed by atoms with Crippen LogP contribution in [0.4, 0.5) is 0 Å². The normalized spacial score (nSPS) is 14.8. The van der Waals surface area contributed by atoms with Gasteiger partial charge < -0.3 is 4.74 Å². The summed E-state index contributed by atoms with van der Waals surface area (Å²) >= 11 is 0. The molecule has 1 aliphatic rings. The number of hydrogen-bond acceptors (Lipinski definition) is 2. The van der Waals surface area contributed by atoms with Crippen molar-refractivity contribution in [2.75, 3.05) is 6.61 Å². The zero-order valence-electron chi connectivity index (χ0n) is 8.12. The molecule has 0 unspecified atom stereocenters. The second-order valence-electron chi connectivity index (χ2n) is 3.58. The monoisotopic (exact) mass is 187 g/mol. The van der Waals surface area contributed by atoms with E-state index in [2.05, 4.69) is 12.1 Å². The fraction of sp³-hybridized carbons (Fsp3) is 0.417. The number of nitriles is 1. The van der Waals surface area contributed by atoms with Gasteiger partial charge in [-0.3, -0.25) is 0 Å². The van der Waals surface area contributed by atoms with Crippen molar-refractivity contribution in [1.82, 2.24) is 0 Å². The van der Waals surface area contributed by atoms with E-state index in [1.54, 1.807) is 0 Å². The van der Waals surface area contributed by atoms with Gasteiger partial charge in [-0.25, -0.2) is 0 Å². The Bertz CT molecular complexity index is 365. The molecule has 72 valence electrons. The van der Waals surface area contributed by atoms with Gasteiger partial charge in [0.05, 0.1) is 19.1 Å². The van der Waals surface area contributed by atoms with Crippen molar-refractivity contribution >= 4 is 0 Å². The first-order valence-corrected chi connectivity index (χ1v) is 5.02.